The second-order valence-electron chi connectivity index (χ2n) is 4.21. The van der Waals surface area contributed by atoms with Crippen molar-refractivity contribution in [3.05, 3.63) is 64.7 Å². The van der Waals surface area contributed by atoms with Crippen LogP contribution in [0.4, 0.5) is 8.78 Å². The molecule has 0 atom stereocenters. The van der Waals surface area contributed by atoms with Crippen LogP contribution >= 0.6 is 0 Å². The highest BCUT2D eigenvalue weighted by atomic mass is 19.1. The van der Waals surface area contributed by atoms with Gasteiger partial charge in [0.25, 0.3) is 0 Å². The third-order valence-corrected chi connectivity index (χ3v) is 2.66. The van der Waals surface area contributed by atoms with Crippen molar-refractivity contribution in [1.29, 1.82) is 0 Å². The first-order valence-electron chi connectivity index (χ1n) is 5.72. The predicted molar refractivity (Wildman–Crippen MR) is 67.3 cm³/mol. The molecule has 19 heavy (non-hydrogen) atoms. The third kappa shape index (κ3) is 3.16. The highest BCUT2D eigenvalue weighted by Gasteiger charge is 2.12. The highest BCUT2D eigenvalue weighted by molar-refractivity contribution is 5.75. The van der Waals surface area contributed by atoms with E-state index in [1.807, 2.05) is 31.2 Å². The molecule has 0 fully saturated rings. The topological polar surface area (TPSA) is 26.3 Å². The van der Waals surface area contributed by atoms with Crippen LogP contribution in [-0.4, -0.2) is 6.29 Å². The zero-order valence-electron chi connectivity index (χ0n) is 10.3. The fraction of sp³-hybridized carbons (Fsp3) is 0.133. The molecule has 0 N–H and O–H groups in total. The molecule has 0 radical (unpaired) electrons. The molecule has 0 amide bonds. The number of aldehydes is 1. The summed E-state index contributed by atoms with van der Waals surface area (Å²) in [7, 11) is 0. The lowest BCUT2D eigenvalue weighted by Gasteiger charge is -2.09. The van der Waals surface area contributed by atoms with Gasteiger partial charge in [0.1, 0.15) is 12.9 Å². The molecule has 0 spiro atoms. The van der Waals surface area contributed by atoms with E-state index in [-0.39, 0.29) is 12.2 Å². The minimum Gasteiger partial charge on any atom is -0.483 e. The van der Waals surface area contributed by atoms with Crippen molar-refractivity contribution in [1.82, 2.24) is 0 Å². The maximum atomic E-state index is 13.5. The van der Waals surface area contributed by atoms with Crippen LogP contribution in [0.5, 0.6) is 5.75 Å². The van der Waals surface area contributed by atoms with Crippen LogP contribution < -0.4 is 4.74 Å². The summed E-state index contributed by atoms with van der Waals surface area (Å²) in [6, 6.07) is 9.32. The molecule has 2 aromatic carbocycles. The van der Waals surface area contributed by atoms with Gasteiger partial charge < -0.3 is 4.74 Å². The van der Waals surface area contributed by atoms with E-state index >= 15 is 0 Å². The Hall–Kier alpha value is -2.23. The third-order valence-electron chi connectivity index (χ3n) is 2.66. The summed E-state index contributed by atoms with van der Waals surface area (Å²) in [5, 5.41) is 0. The van der Waals surface area contributed by atoms with Crippen LogP contribution in [0.25, 0.3) is 0 Å². The molecule has 0 aliphatic heterocycles. The normalized spacial score (nSPS) is 10.3. The molecule has 4 heteroatoms. The minimum atomic E-state index is -0.880. The number of carbonyl (C=O) groups is 1. The van der Waals surface area contributed by atoms with E-state index in [0.29, 0.717) is 6.29 Å². The fourth-order valence-corrected chi connectivity index (χ4v) is 1.63. The maximum absolute atomic E-state index is 13.5. The van der Waals surface area contributed by atoms with E-state index in [2.05, 4.69) is 0 Å². The Kier molecular flexibility index (Phi) is 3.90. The molecule has 0 heterocycles. The Morgan fingerprint density at radius 1 is 1.11 bits per heavy atom. The number of hydrogen-bond donors (Lipinski definition) is 0. The van der Waals surface area contributed by atoms with E-state index in [9.17, 15) is 13.6 Å². The lowest BCUT2D eigenvalue weighted by Crippen LogP contribution is -2.01. The zero-order valence-corrected chi connectivity index (χ0v) is 10.3. The summed E-state index contributed by atoms with van der Waals surface area (Å²) in [4.78, 5) is 10.5. The van der Waals surface area contributed by atoms with Gasteiger partial charge in [-0.25, -0.2) is 8.78 Å². The monoisotopic (exact) mass is 262 g/mol. The number of benzene rings is 2. The number of rotatable bonds is 4. The molecule has 0 bridgehead atoms. The van der Waals surface area contributed by atoms with Crippen LogP contribution in [-0.2, 0) is 6.61 Å². The molecule has 0 aliphatic carbocycles. The zero-order chi connectivity index (χ0) is 13.8. The van der Waals surface area contributed by atoms with Gasteiger partial charge in [0.2, 0.25) is 0 Å². The summed E-state index contributed by atoms with van der Waals surface area (Å²) in [6.07, 6.45) is 0.385. The highest BCUT2D eigenvalue weighted by Crippen LogP contribution is 2.23. The number of halogens is 2. The molecule has 98 valence electrons. The van der Waals surface area contributed by atoms with Gasteiger partial charge in [0.15, 0.2) is 17.4 Å². The van der Waals surface area contributed by atoms with Crippen molar-refractivity contribution >= 4 is 6.29 Å². The van der Waals surface area contributed by atoms with Gasteiger partial charge >= 0.3 is 0 Å². The van der Waals surface area contributed by atoms with E-state index < -0.39 is 17.4 Å². The smallest absolute Gasteiger partial charge is 0.191 e. The number of hydrogen-bond acceptors (Lipinski definition) is 2. The second kappa shape index (κ2) is 5.61. The average molecular weight is 262 g/mol. The average Bonchev–Trinajstić information content (AvgIpc) is 2.39. The molecule has 0 aliphatic rings. The molecular weight excluding hydrogens is 250 g/mol. The Labute approximate surface area is 109 Å². The lowest BCUT2D eigenvalue weighted by molar-refractivity contribution is 0.112. The molecule has 2 rings (SSSR count). The number of aryl methyl sites for hydroxylation is 1. The summed E-state index contributed by atoms with van der Waals surface area (Å²) in [5.41, 5.74) is 1.85. The van der Waals surface area contributed by atoms with Gasteiger partial charge in [-0.2, -0.15) is 0 Å². The quantitative estimate of drug-likeness (QED) is 0.786. The van der Waals surface area contributed by atoms with Gasteiger partial charge in [0.05, 0.1) is 0 Å². The second-order valence-corrected chi connectivity index (χ2v) is 4.21. The van der Waals surface area contributed by atoms with Crippen LogP contribution in [0.15, 0.2) is 36.4 Å². The number of carbonyl (C=O) groups excluding carboxylic acids is 1. The minimum absolute atomic E-state index is 0.0577. The summed E-state index contributed by atoms with van der Waals surface area (Å²) in [5.74, 6) is -2.23. The van der Waals surface area contributed by atoms with Crippen molar-refractivity contribution in [2.24, 2.45) is 0 Å². The molecule has 0 aromatic heterocycles. The largest absolute Gasteiger partial charge is 0.483 e. The Morgan fingerprint density at radius 3 is 2.21 bits per heavy atom. The van der Waals surface area contributed by atoms with Gasteiger partial charge in [0, 0.05) is 5.56 Å². The van der Waals surface area contributed by atoms with Crippen molar-refractivity contribution in [3.63, 3.8) is 0 Å². The van der Waals surface area contributed by atoms with E-state index in [1.165, 1.54) is 0 Å². The SMILES string of the molecule is Cc1ccc(COc2c(F)cc(C=O)cc2F)cc1. The number of ether oxygens (including phenoxy) is 1. The van der Waals surface area contributed by atoms with Crippen LogP contribution in [0.3, 0.4) is 0 Å². The van der Waals surface area contributed by atoms with Crippen LogP contribution in [0.1, 0.15) is 21.5 Å². The van der Waals surface area contributed by atoms with E-state index in [1.54, 1.807) is 0 Å². The predicted octanol–water partition coefficient (Wildman–Crippen LogP) is 3.66. The molecule has 2 nitrogen and oxygen atoms in total. The van der Waals surface area contributed by atoms with Crippen molar-refractivity contribution in [3.8, 4) is 5.75 Å². The van der Waals surface area contributed by atoms with Crippen LogP contribution in [0, 0.1) is 18.6 Å². The standard InChI is InChI=1S/C15H12F2O2/c1-10-2-4-11(5-3-10)9-19-15-13(16)6-12(8-18)7-14(15)17/h2-8H,9H2,1H3. The Morgan fingerprint density at radius 2 is 1.68 bits per heavy atom. The first-order valence-corrected chi connectivity index (χ1v) is 5.72. The molecular formula is C15H12F2O2. The van der Waals surface area contributed by atoms with Gasteiger partial charge in [-0.1, -0.05) is 29.8 Å². The van der Waals surface area contributed by atoms with Crippen molar-refractivity contribution in [2.75, 3.05) is 0 Å². The molecule has 0 saturated heterocycles. The van der Waals surface area contributed by atoms with E-state index in [0.717, 1.165) is 23.3 Å². The first kappa shape index (κ1) is 13.2. The molecule has 2 aromatic rings. The lowest BCUT2D eigenvalue weighted by atomic mass is 10.2. The molecule has 0 saturated carbocycles. The summed E-state index contributed by atoms with van der Waals surface area (Å²) >= 11 is 0. The Balaban J connectivity index is 2.15. The molecule has 0 unspecified atom stereocenters. The van der Waals surface area contributed by atoms with E-state index in [4.69, 9.17) is 4.74 Å². The van der Waals surface area contributed by atoms with Crippen molar-refractivity contribution in [2.45, 2.75) is 13.5 Å². The van der Waals surface area contributed by atoms with Gasteiger partial charge in [-0.15, -0.1) is 0 Å². The van der Waals surface area contributed by atoms with Crippen molar-refractivity contribution < 1.29 is 18.3 Å². The summed E-state index contributed by atoms with van der Waals surface area (Å²) in [6.45, 7) is 2.01. The van der Waals surface area contributed by atoms with Gasteiger partial charge in [-0.05, 0) is 24.6 Å². The van der Waals surface area contributed by atoms with Gasteiger partial charge in [-0.3, -0.25) is 4.79 Å². The first-order chi connectivity index (χ1) is 9.10. The summed E-state index contributed by atoms with van der Waals surface area (Å²) < 4.78 is 32.2. The maximum Gasteiger partial charge on any atom is 0.191 e. The Bertz CT molecular complexity index is 569. The van der Waals surface area contributed by atoms with Crippen LogP contribution in [0.2, 0.25) is 0 Å². The fourth-order valence-electron chi connectivity index (χ4n) is 1.63.